The Morgan fingerprint density at radius 3 is 2.87 bits per heavy atom. The van der Waals surface area contributed by atoms with Gasteiger partial charge in [-0.3, -0.25) is 14.4 Å². The van der Waals surface area contributed by atoms with Crippen molar-refractivity contribution in [1.82, 2.24) is 19.4 Å². The van der Waals surface area contributed by atoms with Crippen molar-refractivity contribution >= 4 is 17.7 Å². The molecule has 2 aliphatic heterocycles. The molecule has 0 aliphatic carbocycles. The van der Waals surface area contributed by atoms with E-state index in [-0.39, 0.29) is 57.1 Å². The van der Waals surface area contributed by atoms with E-state index in [9.17, 15) is 19.5 Å². The Morgan fingerprint density at radius 2 is 2.13 bits per heavy atom. The number of fused-ring (bicyclic) bond motifs is 4. The number of carbonyl (C=O) groups is 1. The minimum Gasteiger partial charge on any atom is -0.493 e. The predicted octanol–water partition coefficient (Wildman–Crippen LogP) is 1.89. The van der Waals surface area contributed by atoms with Crippen molar-refractivity contribution < 1.29 is 9.90 Å². The van der Waals surface area contributed by atoms with E-state index < -0.39 is 0 Å². The molecule has 8 nitrogen and oxygen atoms in total. The van der Waals surface area contributed by atoms with Gasteiger partial charge < -0.3 is 19.6 Å². The molecule has 2 aromatic heterocycles. The van der Waals surface area contributed by atoms with Gasteiger partial charge in [-0.05, 0) is 30.7 Å². The number of aromatic hydroxyl groups is 1. The summed E-state index contributed by atoms with van der Waals surface area (Å²) in [6, 6.07) is 5.34. The zero-order valence-corrected chi connectivity index (χ0v) is 17.9. The smallest absolute Gasteiger partial charge is 0.258 e. The first-order valence-electron chi connectivity index (χ1n) is 10.3. The maximum Gasteiger partial charge on any atom is 0.258 e. The number of thioether (sulfide) groups is 1. The lowest BCUT2D eigenvalue weighted by molar-refractivity contribution is -0.131. The van der Waals surface area contributed by atoms with Gasteiger partial charge in [-0.25, -0.2) is 0 Å². The van der Waals surface area contributed by atoms with E-state index >= 15 is 0 Å². The van der Waals surface area contributed by atoms with Crippen LogP contribution in [0.25, 0.3) is 0 Å². The average Bonchev–Trinajstić information content (AvgIpc) is 2.72. The molecule has 0 aromatic carbocycles. The second-order valence-electron chi connectivity index (χ2n) is 8.20. The summed E-state index contributed by atoms with van der Waals surface area (Å²) in [6.45, 7) is 5.65. The minimum atomic E-state index is -0.360. The third kappa shape index (κ3) is 3.90. The zero-order valence-electron chi connectivity index (χ0n) is 17.1. The largest absolute Gasteiger partial charge is 0.493 e. The summed E-state index contributed by atoms with van der Waals surface area (Å²) in [7, 11) is 0. The van der Waals surface area contributed by atoms with E-state index in [0.29, 0.717) is 19.6 Å². The molecule has 0 unspecified atom stereocenters. The van der Waals surface area contributed by atoms with Crippen LogP contribution in [0.4, 0.5) is 0 Å². The van der Waals surface area contributed by atoms with E-state index in [4.69, 9.17) is 0 Å². The van der Waals surface area contributed by atoms with Gasteiger partial charge in [0.2, 0.25) is 11.8 Å². The van der Waals surface area contributed by atoms with Gasteiger partial charge in [0.25, 0.3) is 11.1 Å². The number of hydrogen-bond donors (Lipinski definition) is 2. The van der Waals surface area contributed by atoms with E-state index in [1.807, 2.05) is 29.4 Å². The highest BCUT2D eigenvalue weighted by Crippen LogP contribution is 2.35. The van der Waals surface area contributed by atoms with Crippen LogP contribution >= 0.6 is 11.8 Å². The number of carbonyl (C=O) groups excluding carboxylic acids is 1. The molecule has 4 heterocycles. The number of pyridine rings is 1. The van der Waals surface area contributed by atoms with Gasteiger partial charge in [-0.2, -0.15) is 4.98 Å². The zero-order chi connectivity index (χ0) is 21.4. The monoisotopic (exact) mass is 430 g/mol. The standard InChI is InChI=1S/C21H26N4O4S/c1-3-12(2)18-19(28)22-21(23-20(18)29)30-11-17(27)24-8-13-7-14(10-24)15-5-4-6-16(26)25(15)9-13/h4-6,12-14H,3,7-11H2,1-2H3,(H2,22,23,28,29)/t12-,13+,14+/m1/s1. The molecule has 4 rings (SSSR count). The molecule has 160 valence electrons. The van der Waals surface area contributed by atoms with Crippen LogP contribution in [-0.2, 0) is 11.3 Å². The number of aromatic amines is 1. The van der Waals surface area contributed by atoms with Crippen LogP contribution in [0.1, 0.15) is 49.8 Å². The third-order valence-corrected chi connectivity index (χ3v) is 7.04. The van der Waals surface area contributed by atoms with Crippen molar-refractivity contribution in [1.29, 1.82) is 0 Å². The molecule has 1 fully saturated rings. The lowest BCUT2D eigenvalue weighted by Gasteiger charge is -2.42. The molecule has 2 aromatic rings. The lowest BCUT2D eigenvalue weighted by atomic mass is 9.83. The van der Waals surface area contributed by atoms with Crippen molar-refractivity contribution in [2.24, 2.45) is 5.92 Å². The van der Waals surface area contributed by atoms with Crippen molar-refractivity contribution in [2.75, 3.05) is 18.8 Å². The fourth-order valence-electron chi connectivity index (χ4n) is 4.49. The van der Waals surface area contributed by atoms with Crippen LogP contribution in [0.3, 0.4) is 0 Å². The molecule has 3 atom stereocenters. The van der Waals surface area contributed by atoms with Crippen LogP contribution in [0, 0.1) is 5.92 Å². The molecule has 1 amide bonds. The highest BCUT2D eigenvalue weighted by atomic mass is 32.2. The number of likely N-dealkylation sites (tertiary alicyclic amines) is 1. The Labute approximate surface area is 178 Å². The first-order valence-corrected chi connectivity index (χ1v) is 11.3. The Morgan fingerprint density at radius 1 is 1.33 bits per heavy atom. The summed E-state index contributed by atoms with van der Waals surface area (Å²) in [4.78, 5) is 45.8. The summed E-state index contributed by atoms with van der Waals surface area (Å²) in [5.74, 6) is 0.169. The van der Waals surface area contributed by atoms with Crippen molar-refractivity contribution in [3.8, 4) is 5.88 Å². The molecule has 0 spiro atoms. The molecular formula is C21H26N4O4S. The van der Waals surface area contributed by atoms with Crippen molar-refractivity contribution in [2.45, 2.75) is 50.2 Å². The SMILES string of the molecule is CC[C@@H](C)c1c(O)nc(SCC(=O)N2C[C@@H]3C[C@@H](C2)c2cccc(=O)n2C3)[nH]c1=O. The van der Waals surface area contributed by atoms with Gasteiger partial charge in [-0.1, -0.05) is 31.7 Å². The molecule has 0 saturated carbocycles. The highest BCUT2D eigenvalue weighted by molar-refractivity contribution is 7.99. The average molecular weight is 431 g/mol. The van der Waals surface area contributed by atoms with Gasteiger partial charge >= 0.3 is 0 Å². The fourth-order valence-corrected chi connectivity index (χ4v) is 5.25. The molecule has 0 radical (unpaired) electrons. The number of aromatic nitrogens is 3. The molecule has 30 heavy (non-hydrogen) atoms. The topological polar surface area (TPSA) is 108 Å². The van der Waals surface area contributed by atoms with Crippen LogP contribution in [0.15, 0.2) is 32.9 Å². The number of rotatable bonds is 5. The molecular weight excluding hydrogens is 404 g/mol. The Bertz CT molecular complexity index is 1080. The number of hydrogen-bond acceptors (Lipinski definition) is 6. The van der Waals surface area contributed by atoms with E-state index in [0.717, 1.165) is 30.3 Å². The number of amides is 1. The fraction of sp³-hybridized carbons (Fsp3) is 0.524. The summed E-state index contributed by atoms with van der Waals surface area (Å²) in [5, 5.41) is 10.4. The second kappa shape index (κ2) is 8.29. The van der Waals surface area contributed by atoms with E-state index in [1.165, 1.54) is 0 Å². The Hall–Kier alpha value is -2.55. The number of nitrogens with one attached hydrogen (secondary N) is 1. The molecule has 2 N–H and O–H groups in total. The van der Waals surface area contributed by atoms with Crippen LogP contribution in [0.2, 0.25) is 0 Å². The molecule has 2 aliphatic rings. The molecule has 9 heteroatoms. The van der Waals surface area contributed by atoms with E-state index in [2.05, 4.69) is 9.97 Å². The Balaban J connectivity index is 1.43. The Kier molecular flexibility index (Phi) is 5.73. The second-order valence-corrected chi connectivity index (χ2v) is 9.17. The summed E-state index contributed by atoms with van der Waals surface area (Å²) >= 11 is 1.12. The van der Waals surface area contributed by atoms with Crippen molar-refractivity contribution in [3.63, 3.8) is 0 Å². The summed E-state index contributed by atoms with van der Waals surface area (Å²) in [6.07, 6.45) is 1.70. The first kappa shape index (κ1) is 20.7. The van der Waals surface area contributed by atoms with Crippen LogP contribution < -0.4 is 11.1 Å². The summed E-state index contributed by atoms with van der Waals surface area (Å²) < 4.78 is 1.84. The van der Waals surface area contributed by atoms with Gasteiger partial charge in [-0.15, -0.1) is 0 Å². The maximum atomic E-state index is 12.8. The number of H-pyrrole nitrogens is 1. The third-order valence-electron chi connectivity index (χ3n) is 6.18. The molecule has 2 bridgehead atoms. The van der Waals surface area contributed by atoms with Gasteiger partial charge in [0.05, 0.1) is 11.3 Å². The van der Waals surface area contributed by atoms with Gasteiger partial charge in [0.15, 0.2) is 5.16 Å². The van der Waals surface area contributed by atoms with Gasteiger partial charge in [0.1, 0.15) is 0 Å². The minimum absolute atomic E-state index is 0.0215. The highest BCUT2D eigenvalue weighted by Gasteiger charge is 2.36. The molecule has 1 saturated heterocycles. The van der Waals surface area contributed by atoms with E-state index in [1.54, 1.807) is 12.1 Å². The van der Waals surface area contributed by atoms with Crippen LogP contribution in [-0.4, -0.2) is 49.3 Å². The lowest BCUT2D eigenvalue weighted by Crippen LogP contribution is -2.49. The normalized spacial score (nSPS) is 21.2. The quantitative estimate of drug-likeness (QED) is 0.554. The number of piperidine rings is 1. The van der Waals surface area contributed by atoms with Crippen LogP contribution in [0.5, 0.6) is 5.88 Å². The maximum absolute atomic E-state index is 12.8. The summed E-state index contributed by atoms with van der Waals surface area (Å²) in [5.41, 5.74) is 0.945. The first-order chi connectivity index (χ1) is 14.4. The predicted molar refractivity (Wildman–Crippen MR) is 114 cm³/mol. The van der Waals surface area contributed by atoms with Crippen molar-refractivity contribution in [3.05, 3.63) is 50.2 Å². The van der Waals surface area contributed by atoms with Gasteiger partial charge in [0, 0.05) is 37.3 Å². The number of nitrogens with zero attached hydrogens (tertiary/aromatic N) is 3.